The second kappa shape index (κ2) is 8.43. The molecule has 26 heavy (non-hydrogen) atoms. The van der Waals surface area contributed by atoms with Crippen LogP contribution in [-0.4, -0.2) is 28.5 Å². The molecule has 3 rings (SSSR count). The summed E-state index contributed by atoms with van der Waals surface area (Å²) < 4.78 is 0. The minimum Gasteiger partial charge on any atom is -0.271 e. The van der Waals surface area contributed by atoms with Crippen LogP contribution in [0.15, 0.2) is 23.1 Å². The van der Waals surface area contributed by atoms with Gasteiger partial charge < -0.3 is 0 Å². The largest absolute Gasteiger partial charge is 0.271 e. The highest BCUT2D eigenvalue weighted by molar-refractivity contribution is 8.04. The molecule has 0 atom stereocenters. The molecule has 1 saturated carbocycles. The van der Waals surface area contributed by atoms with E-state index >= 15 is 0 Å². The minimum atomic E-state index is -0.0835. The van der Waals surface area contributed by atoms with E-state index in [0.717, 1.165) is 42.6 Å². The highest BCUT2D eigenvalue weighted by atomic mass is 32.2. The van der Waals surface area contributed by atoms with Crippen molar-refractivity contribution in [3.8, 4) is 0 Å². The Hall–Kier alpha value is -1.55. The highest BCUT2D eigenvalue weighted by Gasteiger charge is 2.42. The summed E-state index contributed by atoms with van der Waals surface area (Å²) >= 11 is 1.51. The zero-order chi connectivity index (χ0) is 18.7. The van der Waals surface area contributed by atoms with Gasteiger partial charge in [0, 0.05) is 6.04 Å². The van der Waals surface area contributed by atoms with Crippen molar-refractivity contribution in [2.24, 2.45) is 0 Å². The number of hydrogen-bond acceptors (Lipinski definition) is 3. The maximum atomic E-state index is 13.3. The van der Waals surface area contributed by atoms with Crippen LogP contribution in [0.3, 0.4) is 0 Å². The van der Waals surface area contributed by atoms with E-state index < -0.39 is 0 Å². The predicted octanol–water partition coefficient (Wildman–Crippen LogP) is 5.25. The quantitative estimate of drug-likeness (QED) is 0.678. The minimum absolute atomic E-state index is 0.0619. The molecule has 0 bridgehead atoms. The molecule has 0 unspecified atom stereocenters. The summed E-state index contributed by atoms with van der Waals surface area (Å²) in [6.45, 7) is 6.16. The van der Waals surface area contributed by atoms with Crippen LogP contribution in [0.5, 0.6) is 0 Å². The number of nitrogens with zero attached hydrogens (tertiary/aromatic N) is 1. The topological polar surface area (TPSA) is 37.4 Å². The van der Waals surface area contributed by atoms with Gasteiger partial charge in [0.15, 0.2) is 0 Å². The fourth-order valence-corrected chi connectivity index (χ4v) is 4.84. The van der Waals surface area contributed by atoms with Gasteiger partial charge in [0.1, 0.15) is 0 Å². The molecule has 3 nitrogen and oxygen atoms in total. The Morgan fingerprint density at radius 3 is 2.23 bits per heavy atom. The molecule has 1 aliphatic carbocycles. The summed E-state index contributed by atoms with van der Waals surface area (Å²) in [6, 6.07) is 6.14. The lowest BCUT2D eigenvalue weighted by Gasteiger charge is -2.28. The van der Waals surface area contributed by atoms with Crippen molar-refractivity contribution in [3.63, 3.8) is 0 Å². The summed E-state index contributed by atoms with van der Waals surface area (Å²) in [6.07, 6.45) is 7.80. The zero-order valence-corrected chi connectivity index (χ0v) is 17.0. The Morgan fingerprint density at radius 2 is 1.62 bits per heavy atom. The first-order valence-electron chi connectivity index (χ1n) is 9.87. The summed E-state index contributed by atoms with van der Waals surface area (Å²) in [7, 11) is 0. The van der Waals surface area contributed by atoms with Crippen LogP contribution in [-0.2, 0) is 9.59 Å². The molecule has 140 valence electrons. The molecule has 0 N–H and O–H groups in total. The molecule has 2 amide bonds. The van der Waals surface area contributed by atoms with Crippen molar-refractivity contribution in [2.45, 2.75) is 71.8 Å². The van der Waals surface area contributed by atoms with E-state index in [-0.39, 0.29) is 17.9 Å². The fraction of sp³-hybridized carbons (Fsp3) is 0.545. The first-order valence-corrected chi connectivity index (χ1v) is 10.9. The van der Waals surface area contributed by atoms with Gasteiger partial charge in [-0.05, 0) is 49.1 Å². The predicted molar refractivity (Wildman–Crippen MR) is 109 cm³/mol. The van der Waals surface area contributed by atoms with Crippen molar-refractivity contribution in [3.05, 3.63) is 39.8 Å². The van der Waals surface area contributed by atoms with Gasteiger partial charge in [0.2, 0.25) is 0 Å². The van der Waals surface area contributed by atoms with E-state index in [9.17, 15) is 9.59 Å². The van der Waals surface area contributed by atoms with Crippen molar-refractivity contribution < 1.29 is 9.59 Å². The smallest absolute Gasteiger partial charge is 0.268 e. The number of imide groups is 1. The first-order chi connectivity index (χ1) is 12.5. The van der Waals surface area contributed by atoms with Crippen LogP contribution in [0.4, 0.5) is 0 Å². The van der Waals surface area contributed by atoms with Crippen molar-refractivity contribution in [2.75, 3.05) is 5.75 Å². The Morgan fingerprint density at radius 1 is 0.962 bits per heavy atom. The van der Waals surface area contributed by atoms with Crippen molar-refractivity contribution in [1.29, 1.82) is 0 Å². The molecule has 1 heterocycles. The molecule has 1 fully saturated rings. The second-order valence-electron chi connectivity index (χ2n) is 7.42. The van der Waals surface area contributed by atoms with E-state index in [1.807, 2.05) is 25.1 Å². The Balaban J connectivity index is 1.96. The Kier molecular flexibility index (Phi) is 6.23. The van der Waals surface area contributed by atoms with Crippen LogP contribution in [0, 0.1) is 13.8 Å². The van der Waals surface area contributed by atoms with Crippen LogP contribution in [0.25, 0.3) is 5.57 Å². The molecule has 2 aliphatic rings. The summed E-state index contributed by atoms with van der Waals surface area (Å²) in [4.78, 5) is 28.7. The third-order valence-corrected chi connectivity index (χ3v) is 6.55. The van der Waals surface area contributed by atoms with Crippen LogP contribution >= 0.6 is 11.8 Å². The molecule has 0 saturated heterocycles. The maximum absolute atomic E-state index is 13.3. The number of amides is 2. The lowest BCUT2D eigenvalue weighted by atomic mass is 9.95. The molecule has 4 heteroatoms. The molecular formula is C22H29NO2S. The van der Waals surface area contributed by atoms with Crippen LogP contribution in [0.2, 0.25) is 0 Å². The van der Waals surface area contributed by atoms with Gasteiger partial charge in [-0.3, -0.25) is 14.5 Å². The molecule has 0 radical (unpaired) electrons. The van der Waals surface area contributed by atoms with E-state index in [1.54, 1.807) is 4.90 Å². The lowest BCUT2D eigenvalue weighted by Crippen LogP contribution is -2.41. The van der Waals surface area contributed by atoms with Gasteiger partial charge in [-0.2, -0.15) is 0 Å². The molecule has 0 spiro atoms. The van der Waals surface area contributed by atoms with Gasteiger partial charge in [-0.15, -0.1) is 11.8 Å². The molecule has 1 aromatic rings. The monoisotopic (exact) mass is 371 g/mol. The average molecular weight is 372 g/mol. The van der Waals surface area contributed by atoms with Gasteiger partial charge in [0.25, 0.3) is 11.8 Å². The van der Waals surface area contributed by atoms with Crippen molar-refractivity contribution in [1.82, 2.24) is 4.90 Å². The van der Waals surface area contributed by atoms with E-state index in [4.69, 9.17) is 0 Å². The number of benzene rings is 1. The molecular weight excluding hydrogens is 342 g/mol. The Bertz CT molecular complexity index is 730. The summed E-state index contributed by atoms with van der Waals surface area (Å²) in [5.74, 6) is 0.640. The average Bonchev–Trinajstić information content (AvgIpc) is 2.82. The van der Waals surface area contributed by atoms with E-state index in [1.165, 1.54) is 36.6 Å². The van der Waals surface area contributed by atoms with Gasteiger partial charge >= 0.3 is 0 Å². The molecule has 1 aromatic carbocycles. The lowest BCUT2D eigenvalue weighted by molar-refractivity contribution is -0.139. The number of hydrogen-bond donors (Lipinski definition) is 0. The van der Waals surface area contributed by atoms with Crippen LogP contribution in [0.1, 0.15) is 68.6 Å². The van der Waals surface area contributed by atoms with Gasteiger partial charge in [-0.25, -0.2) is 0 Å². The van der Waals surface area contributed by atoms with Gasteiger partial charge in [-0.1, -0.05) is 57.2 Å². The van der Waals surface area contributed by atoms with E-state index in [0.29, 0.717) is 10.5 Å². The highest BCUT2D eigenvalue weighted by Crippen LogP contribution is 2.39. The fourth-order valence-electron chi connectivity index (χ4n) is 3.98. The molecule has 1 aliphatic heterocycles. The summed E-state index contributed by atoms with van der Waals surface area (Å²) in [5.41, 5.74) is 3.86. The first kappa shape index (κ1) is 19.2. The maximum Gasteiger partial charge on any atom is 0.268 e. The number of carbonyl (C=O) groups is 2. The number of aryl methyl sites for hydroxylation is 2. The Labute approximate surface area is 161 Å². The number of carbonyl (C=O) groups excluding carboxylic acids is 2. The third kappa shape index (κ3) is 3.75. The number of rotatable bonds is 4. The number of thioether (sulfide) groups is 1. The zero-order valence-electron chi connectivity index (χ0n) is 16.1. The third-order valence-electron chi connectivity index (χ3n) is 5.60. The molecule has 0 aromatic heterocycles. The van der Waals surface area contributed by atoms with Crippen LogP contribution < -0.4 is 0 Å². The second-order valence-corrected chi connectivity index (χ2v) is 8.69. The SMILES string of the molecule is CCSC1=C(c2ccc(C)c(C)c2)C(=O)N(C2CCCCCCC2)C1=O. The summed E-state index contributed by atoms with van der Waals surface area (Å²) in [5, 5.41) is 0. The normalized spacial score (nSPS) is 19.9. The standard InChI is InChI=1S/C22H29NO2S/c1-4-26-20-19(17-13-12-15(2)16(3)14-17)21(24)23(22(20)25)18-10-8-6-5-7-9-11-18/h12-14,18H,4-11H2,1-3H3. The van der Waals surface area contributed by atoms with E-state index in [2.05, 4.69) is 13.8 Å². The van der Waals surface area contributed by atoms with Gasteiger partial charge in [0.05, 0.1) is 10.5 Å². The van der Waals surface area contributed by atoms with Crippen molar-refractivity contribution >= 4 is 29.1 Å².